The molecule has 0 heterocycles. The number of nitrogens with zero attached hydrogens (tertiary/aromatic N) is 1. The summed E-state index contributed by atoms with van der Waals surface area (Å²) in [5, 5.41) is 13.3. The fourth-order valence-corrected chi connectivity index (χ4v) is 2.56. The molecule has 142 valence electrons. The van der Waals surface area contributed by atoms with Gasteiger partial charge in [-0.15, -0.1) is 0 Å². The van der Waals surface area contributed by atoms with E-state index in [1.165, 1.54) is 6.07 Å². The summed E-state index contributed by atoms with van der Waals surface area (Å²) in [6.07, 6.45) is 1.59. The Hall–Kier alpha value is -3.80. The molecule has 0 spiro atoms. The molecular weight excluding hydrogens is 356 g/mol. The van der Waals surface area contributed by atoms with Crippen LogP contribution in [0.1, 0.15) is 21.5 Å². The van der Waals surface area contributed by atoms with E-state index in [0.29, 0.717) is 23.8 Å². The summed E-state index contributed by atoms with van der Waals surface area (Å²) in [6.45, 7) is 0.443. The number of rotatable bonds is 8. The maximum Gasteiger partial charge on any atom is 0.337 e. The van der Waals surface area contributed by atoms with Gasteiger partial charge in [0.15, 0.2) is 11.5 Å². The van der Waals surface area contributed by atoms with Gasteiger partial charge < -0.3 is 14.6 Å². The van der Waals surface area contributed by atoms with Crippen LogP contribution < -0.4 is 14.9 Å². The summed E-state index contributed by atoms with van der Waals surface area (Å²) in [7, 11) is 1.58. The monoisotopic (exact) mass is 376 g/mol. The average molecular weight is 376 g/mol. The number of carbonyl (C=O) groups is 1. The van der Waals surface area contributed by atoms with Crippen LogP contribution in [0.15, 0.2) is 77.9 Å². The zero-order chi connectivity index (χ0) is 19.8. The predicted molar refractivity (Wildman–Crippen MR) is 108 cm³/mol. The molecule has 0 aliphatic heterocycles. The minimum Gasteiger partial charge on any atom is -0.493 e. The lowest BCUT2D eigenvalue weighted by Crippen LogP contribution is -2.02. The maximum atomic E-state index is 11.2. The number of anilines is 1. The number of hydrogen-bond donors (Lipinski definition) is 2. The largest absolute Gasteiger partial charge is 0.493 e. The van der Waals surface area contributed by atoms with Gasteiger partial charge in [-0.05, 0) is 41.5 Å². The third-order valence-corrected chi connectivity index (χ3v) is 3.98. The average Bonchev–Trinajstić information content (AvgIpc) is 2.73. The molecule has 2 N–H and O–H groups in total. The van der Waals surface area contributed by atoms with Crippen LogP contribution in [0.3, 0.4) is 0 Å². The molecule has 0 unspecified atom stereocenters. The first kappa shape index (κ1) is 19.0. The second-order valence-corrected chi connectivity index (χ2v) is 5.91. The number of methoxy groups -OCH3 is 1. The third kappa shape index (κ3) is 4.88. The highest BCUT2D eigenvalue weighted by molar-refractivity contribution is 5.94. The van der Waals surface area contributed by atoms with E-state index in [1.54, 1.807) is 37.6 Å². The van der Waals surface area contributed by atoms with E-state index >= 15 is 0 Å². The number of carboxylic acid groups (broad SMARTS) is 1. The fourth-order valence-electron chi connectivity index (χ4n) is 2.56. The van der Waals surface area contributed by atoms with Crippen molar-refractivity contribution in [2.75, 3.05) is 12.5 Å². The molecule has 0 atom stereocenters. The highest BCUT2D eigenvalue weighted by Crippen LogP contribution is 2.28. The SMILES string of the molecule is COc1cc(C=NNc2ccccc2C(=O)O)ccc1OCc1ccccc1. The molecule has 0 aliphatic rings. The normalized spacial score (nSPS) is 10.6. The van der Waals surface area contributed by atoms with E-state index in [9.17, 15) is 9.90 Å². The molecule has 28 heavy (non-hydrogen) atoms. The van der Waals surface area contributed by atoms with Crippen molar-refractivity contribution in [2.24, 2.45) is 5.10 Å². The molecule has 0 fully saturated rings. The fraction of sp³-hybridized carbons (Fsp3) is 0.0909. The molecule has 0 aliphatic carbocycles. The van der Waals surface area contributed by atoms with Gasteiger partial charge in [0.1, 0.15) is 6.61 Å². The van der Waals surface area contributed by atoms with Gasteiger partial charge in [0, 0.05) is 0 Å². The number of aromatic carboxylic acids is 1. The first-order valence-electron chi connectivity index (χ1n) is 8.63. The number of hydrogen-bond acceptors (Lipinski definition) is 5. The van der Waals surface area contributed by atoms with Gasteiger partial charge in [0.2, 0.25) is 0 Å². The first-order valence-corrected chi connectivity index (χ1v) is 8.63. The molecule has 0 amide bonds. The summed E-state index contributed by atoms with van der Waals surface area (Å²) < 4.78 is 11.2. The van der Waals surface area contributed by atoms with E-state index in [-0.39, 0.29) is 5.56 Å². The standard InChI is InChI=1S/C22H20N2O4/c1-27-21-13-17(11-12-20(21)28-15-16-7-3-2-4-8-16)14-23-24-19-10-6-5-9-18(19)22(25)26/h2-14,24H,15H2,1H3,(H,25,26). The second-order valence-electron chi connectivity index (χ2n) is 5.91. The van der Waals surface area contributed by atoms with Crippen LogP contribution in [-0.2, 0) is 6.61 Å². The topological polar surface area (TPSA) is 80.2 Å². The second kappa shape index (κ2) is 9.23. The van der Waals surface area contributed by atoms with Crippen LogP contribution in [0.2, 0.25) is 0 Å². The summed E-state index contributed by atoms with van der Waals surface area (Å²) in [5.41, 5.74) is 5.18. The van der Waals surface area contributed by atoms with Crippen molar-refractivity contribution in [2.45, 2.75) is 6.61 Å². The highest BCUT2D eigenvalue weighted by Gasteiger charge is 2.08. The Morgan fingerprint density at radius 2 is 1.79 bits per heavy atom. The summed E-state index contributed by atoms with van der Waals surface area (Å²) in [4.78, 5) is 11.2. The zero-order valence-electron chi connectivity index (χ0n) is 15.3. The molecule has 0 saturated heterocycles. The van der Waals surface area contributed by atoms with Crippen LogP contribution in [0, 0.1) is 0 Å². The van der Waals surface area contributed by atoms with Gasteiger partial charge >= 0.3 is 5.97 Å². The number of hydrazone groups is 1. The molecule has 6 nitrogen and oxygen atoms in total. The van der Waals surface area contributed by atoms with Crippen LogP contribution in [0.25, 0.3) is 0 Å². The Kier molecular flexibility index (Phi) is 6.25. The molecule has 0 aromatic heterocycles. The van der Waals surface area contributed by atoms with Gasteiger partial charge in [0.05, 0.1) is 24.6 Å². The molecular formula is C22H20N2O4. The summed E-state index contributed by atoms with van der Waals surface area (Å²) in [5.74, 6) is 0.207. The number of ether oxygens (including phenoxy) is 2. The van der Waals surface area contributed by atoms with Crippen LogP contribution in [-0.4, -0.2) is 24.4 Å². The molecule has 3 aromatic rings. The van der Waals surface area contributed by atoms with Crippen molar-refractivity contribution < 1.29 is 19.4 Å². The number of nitrogens with one attached hydrogen (secondary N) is 1. The quantitative estimate of drug-likeness (QED) is 0.449. The zero-order valence-corrected chi connectivity index (χ0v) is 15.3. The maximum absolute atomic E-state index is 11.2. The van der Waals surface area contributed by atoms with Crippen molar-refractivity contribution >= 4 is 17.9 Å². The Bertz CT molecular complexity index is 971. The van der Waals surface area contributed by atoms with E-state index in [2.05, 4.69) is 10.5 Å². The molecule has 6 heteroatoms. The van der Waals surface area contributed by atoms with Crippen molar-refractivity contribution in [3.05, 3.63) is 89.5 Å². The Morgan fingerprint density at radius 1 is 1.04 bits per heavy atom. The third-order valence-electron chi connectivity index (χ3n) is 3.98. The van der Waals surface area contributed by atoms with Gasteiger partial charge in [-0.3, -0.25) is 5.43 Å². The van der Waals surface area contributed by atoms with Crippen molar-refractivity contribution in [3.63, 3.8) is 0 Å². The van der Waals surface area contributed by atoms with Crippen molar-refractivity contribution in [1.29, 1.82) is 0 Å². The van der Waals surface area contributed by atoms with Gasteiger partial charge in [-0.2, -0.15) is 5.10 Å². The lowest BCUT2D eigenvalue weighted by atomic mass is 10.2. The highest BCUT2D eigenvalue weighted by atomic mass is 16.5. The minimum atomic E-state index is -1.01. The van der Waals surface area contributed by atoms with Gasteiger partial charge in [0.25, 0.3) is 0 Å². The number of benzene rings is 3. The molecule has 0 radical (unpaired) electrons. The summed E-state index contributed by atoms with van der Waals surface area (Å²) in [6, 6.07) is 21.9. The van der Waals surface area contributed by atoms with E-state index < -0.39 is 5.97 Å². The van der Waals surface area contributed by atoms with Crippen LogP contribution >= 0.6 is 0 Å². The Labute approximate surface area is 163 Å². The Morgan fingerprint density at radius 3 is 2.54 bits per heavy atom. The number of carboxylic acids is 1. The molecule has 3 rings (SSSR count). The molecule has 0 saturated carbocycles. The Balaban J connectivity index is 1.68. The molecule has 0 bridgehead atoms. The predicted octanol–water partition coefficient (Wildman–Crippen LogP) is 4.42. The van der Waals surface area contributed by atoms with E-state index in [1.807, 2.05) is 42.5 Å². The minimum absolute atomic E-state index is 0.155. The summed E-state index contributed by atoms with van der Waals surface area (Å²) >= 11 is 0. The smallest absolute Gasteiger partial charge is 0.337 e. The van der Waals surface area contributed by atoms with Crippen LogP contribution in [0.4, 0.5) is 5.69 Å². The lowest BCUT2D eigenvalue weighted by molar-refractivity contribution is 0.0698. The number of para-hydroxylation sites is 1. The van der Waals surface area contributed by atoms with E-state index in [4.69, 9.17) is 9.47 Å². The van der Waals surface area contributed by atoms with Gasteiger partial charge in [-0.25, -0.2) is 4.79 Å². The van der Waals surface area contributed by atoms with E-state index in [0.717, 1.165) is 11.1 Å². The van der Waals surface area contributed by atoms with Gasteiger partial charge in [-0.1, -0.05) is 42.5 Å². The van der Waals surface area contributed by atoms with Crippen molar-refractivity contribution in [3.8, 4) is 11.5 Å². The first-order chi connectivity index (χ1) is 13.7. The van der Waals surface area contributed by atoms with Crippen LogP contribution in [0.5, 0.6) is 11.5 Å². The lowest BCUT2D eigenvalue weighted by Gasteiger charge is -2.11. The molecule has 3 aromatic carbocycles. The van der Waals surface area contributed by atoms with Crippen molar-refractivity contribution in [1.82, 2.24) is 0 Å².